The Kier molecular flexibility index (Phi) is 4.80. The Balaban J connectivity index is 2.41. The van der Waals surface area contributed by atoms with Gasteiger partial charge in [0.1, 0.15) is 0 Å². The number of aromatic nitrogens is 2. The molecule has 20 heavy (non-hydrogen) atoms. The second-order valence-corrected chi connectivity index (χ2v) is 4.78. The van der Waals surface area contributed by atoms with E-state index in [0.29, 0.717) is 33.5 Å². The molecule has 1 aromatic carbocycles. The molecule has 0 fully saturated rings. The quantitative estimate of drug-likeness (QED) is 0.877. The molecule has 0 aliphatic rings. The Morgan fingerprint density at radius 1 is 1.35 bits per heavy atom. The standard InChI is InChI=1S/C14H11Cl2N3O/c1-17-14(13-5-6-19(18-13)7-8-20)9-10-11(15)3-2-4-12(10)16/h2-6,9,20H,7-8H2. The van der Waals surface area contributed by atoms with Gasteiger partial charge in [0.15, 0.2) is 0 Å². The third-order valence-electron chi connectivity index (χ3n) is 2.63. The zero-order valence-corrected chi connectivity index (χ0v) is 11.9. The van der Waals surface area contributed by atoms with Gasteiger partial charge < -0.3 is 5.11 Å². The predicted molar refractivity (Wildman–Crippen MR) is 80.2 cm³/mol. The molecule has 0 radical (unpaired) electrons. The highest BCUT2D eigenvalue weighted by Crippen LogP contribution is 2.29. The van der Waals surface area contributed by atoms with Crippen molar-refractivity contribution in [2.24, 2.45) is 0 Å². The molecule has 0 atom stereocenters. The van der Waals surface area contributed by atoms with E-state index in [-0.39, 0.29) is 6.61 Å². The first-order valence-electron chi connectivity index (χ1n) is 5.83. The smallest absolute Gasteiger partial charge is 0.214 e. The summed E-state index contributed by atoms with van der Waals surface area (Å²) >= 11 is 12.2. The molecule has 1 N–H and O–H groups in total. The molecule has 0 unspecified atom stereocenters. The van der Waals surface area contributed by atoms with Gasteiger partial charge in [0, 0.05) is 21.8 Å². The van der Waals surface area contributed by atoms with E-state index in [9.17, 15) is 0 Å². The first-order chi connectivity index (χ1) is 9.65. The Labute approximate surface area is 126 Å². The van der Waals surface area contributed by atoms with Gasteiger partial charge in [-0.25, -0.2) is 4.85 Å². The summed E-state index contributed by atoms with van der Waals surface area (Å²) in [5, 5.41) is 14.0. The number of halogens is 2. The molecule has 2 aromatic rings. The van der Waals surface area contributed by atoms with Crippen molar-refractivity contribution < 1.29 is 5.11 Å². The van der Waals surface area contributed by atoms with Gasteiger partial charge in [0.05, 0.1) is 25.4 Å². The molecule has 0 saturated carbocycles. The number of nitrogens with zero attached hydrogens (tertiary/aromatic N) is 3. The van der Waals surface area contributed by atoms with E-state index >= 15 is 0 Å². The average molecular weight is 308 g/mol. The normalized spacial score (nSPS) is 11.4. The van der Waals surface area contributed by atoms with Crippen molar-refractivity contribution >= 4 is 35.0 Å². The van der Waals surface area contributed by atoms with Crippen molar-refractivity contribution in [3.05, 3.63) is 63.2 Å². The maximum Gasteiger partial charge on any atom is 0.214 e. The van der Waals surface area contributed by atoms with Crippen LogP contribution in [0.2, 0.25) is 10.0 Å². The molecule has 0 aliphatic carbocycles. The molecule has 0 saturated heterocycles. The van der Waals surface area contributed by atoms with Crippen LogP contribution in [0, 0.1) is 6.57 Å². The van der Waals surface area contributed by atoms with Gasteiger partial charge in [0.2, 0.25) is 5.70 Å². The van der Waals surface area contributed by atoms with E-state index in [1.165, 1.54) is 0 Å². The minimum absolute atomic E-state index is 0.00543. The van der Waals surface area contributed by atoms with Crippen LogP contribution in [0.4, 0.5) is 0 Å². The van der Waals surface area contributed by atoms with E-state index in [1.54, 1.807) is 41.2 Å². The first kappa shape index (κ1) is 14.6. The molecule has 0 spiro atoms. The third-order valence-corrected chi connectivity index (χ3v) is 3.29. The van der Waals surface area contributed by atoms with Crippen LogP contribution in [-0.4, -0.2) is 21.5 Å². The van der Waals surface area contributed by atoms with E-state index in [1.807, 2.05) is 0 Å². The molecule has 102 valence electrons. The van der Waals surface area contributed by atoms with Gasteiger partial charge in [-0.05, 0) is 24.3 Å². The maximum absolute atomic E-state index is 8.86. The Hall–Kier alpha value is -1.80. The Bertz CT molecular complexity index is 666. The summed E-state index contributed by atoms with van der Waals surface area (Å²) in [6.45, 7) is 7.65. The summed E-state index contributed by atoms with van der Waals surface area (Å²) in [6, 6.07) is 6.89. The van der Waals surface area contributed by atoms with E-state index < -0.39 is 0 Å². The summed E-state index contributed by atoms with van der Waals surface area (Å²) in [5.74, 6) is 0. The van der Waals surface area contributed by atoms with Crippen LogP contribution < -0.4 is 0 Å². The lowest BCUT2D eigenvalue weighted by atomic mass is 10.1. The minimum Gasteiger partial charge on any atom is -0.394 e. The van der Waals surface area contributed by atoms with Crippen LogP contribution in [0.5, 0.6) is 0 Å². The second kappa shape index (κ2) is 6.58. The Morgan fingerprint density at radius 3 is 2.65 bits per heavy atom. The molecule has 1 aromatic heterocycles. The number of aliphatic hydroxyl groups is 1. The molecular weight excluding hydrogens is 297 g/mol. The van der Waals surface area contributed by atoms with Gasteiger partial charge >= 0.3 is 0 Å². The minimum atomic E-state index is -0.00543. The van der Waals surface area contributed by atoms with Gasteiger partial charge in [-0.1, -0.05) is 29.3 Å². The number of benzene rings is 1. The summed E-state index contributed by atoms with van der Waals surface area (Å²) in [5.41, 5.74) is 1.46. The van der Waals surface area contributed by atoms with Crippen molar-refractivity contribution in [2.45, 2.75) is 6.54 Å². The zero-order chi connectivity index (χ0) is 14.5. The van der Waals surface area contributed by atoms with E-state index in [2.05, 4.69) is 9.94 Å². The largest absolute Gasteiger partial charge is 0.394 e. The van der Waals surface area contributed by atoms with Crippen molar-refractivity contribution in [1.29, 1.82) is 0 Å². The molecule has 0 amide bonds. The maximum atomic E-state index is 8.86. The van der Waals surface area contributed by atoms with Gasteiger partial charge in [-0.3, -0.25) is 4.68 Å². The molecule has 6 heteroatoms. The molecule has 1 heterocycles. The molecule has 4 nitrogen and oxygen atoms in total. The van der Waals surface area contributed by atoms with E-state index in [4.69, 9.17) is 34.9 Å². The number of hydrogen-bond donors (Lipinski definition) is 1. The second-order valence-electron chi connectivity index (χ2n) is 3.96. The van der Waals surface area contributed by atoms with Crippen molar-refractivity contribution in [3.8, 4) is 0 Å². The van der Waals surface area contributed by atoms with Crippen LogP contribution in [-0.2, 0) is 6.54 Å². The number of rotatable bonds is 4. The van der Waals surface area contributed by atoms with Crippen molar-refractivity contribution in [2.75, 3.05) is 6.61 Å². The zero-order valence-electron chi connectivity index (χ0n) is 10.4. The third kappa shape index (κ3) is 3.20. The fourth-order valence-electron chi connectivity index (χ4n) is 1.67. The molecule has 2 rings (SSSR count). The Morgan fingerprint density at radius 2 is 2.05 bits per heavy atom. The lowest BCUT2D eigenvalue weighted by molar-refractivity contribution is 0.269. The van der Waals surface area contributed by atoms with Crippen LogP contribution in [0.15, 0.2) is 30.5 Å². The SMILES string of the molecule is [C-]#[N+]C(=Cc1c(Cl)cccc1Cl)c1ccn(CCO)n1. The highest BCUT2D eigenvalue weighted by Gasteiger charge is 2.09. The van der Waals surface area contributed by atoms with E-state index in [0.717, 1.165) is 0 Å². The predicted octanol–water partition coefficient (Wildman–Crippen LogP) is 3.60. The van der Waals surface area contributed by atoms with Crippen molar-refractivity contribution in [3.63, 3.8) is 0 Å². The average Bonchev–Trinajstić information content (AvgIpc) is 2.87. The lowest BCUT2D eigenvalue weighted by Gasteiger charge is -2.02. The monoisotopic (exact) mass is 307 g/mol. The molecular formula is C14H11Cl2N3O. The van der Waals surface area contributed by atoms with Crippen LogP contribution in [0.25, 0.3) is 16.6 Å². The van der Waals surface area contributed by atoms with Crippen LogP contribution in [0.3, 0.4) is 0 Å². The summed E-state index contributed by atoms with van der Waals surface area (Å²) in [4.78, 5) is 3.46. The summed E-state index contributed by atoms with van der Waals surface area (Å²) in [6.07, 6.45) is 3.32. The van der Waals surface area contributed by atoms with Crippen LogP contribution in [0.1, 0.15) is 11.3 Å². The summed E-state index contributed by atoms with van der Waals surface area (Å²) in [7, 11) is 0. The fourth-order valence-corrected chi connectivity index (χ4v) is 2.18. The van der Waals surface area contributed by atoms with Gasteiger partial charge in [0.25, 0.3) is 0 Å². The molecule has 0 aliphatic heterocycles. The number of hydrogen-bond acceptors (Lipinski definition) is 2. The van der Waals surface area contributed by atoms with Gasteiger partial charge in [-0.15, -0.1) is 0 Å². The lowest BCUT2D eigenvalue weighted by Crippen LogP contribution is -2.02. The first-order valence-corrected chi connectivity index (χ1v) is 6.59. The summed E-state index contributed by atoms with van der Waals surface area (Å²) < 4.78 is 1.57. The van der Waals surface area contributed by atoms with Crippen molar-refractivity contribution in [1.82, 2.24) is 9.78 Å². The van der Waals surface area contributed by atoms with Gasteiger partial charge in [-0.2, -0.15) is 5.10 Å². The van der Waals surface area contributed by atoms with Crippen LogP contribution >= 0.6 is 23.2 Å². The topological polar surface area (TPSA) is 42.4 Å². The fraction of sp³-hybridized carbons (Fsp3) is 0.143. The highest BCUT2D eigenvalue weighted by molar-refractivity contribution is 6.37. The molecule has 0 bridgehead atoms. The number of aliphatic hydroxyl groups excluding tert-OH is 1. The highest BCUT2D eigenvalue weighted by atomic mass is 35.5.